The third-order valence-corrected chi connectivity index (χ3v) is 2.53. The average Bonchev–Trinajstić information content (AvgIpc) is 2.81. The van der Waals surface area contributed by atoms with Gasteiger partial charge in [-0.25, -0.2) is 4.39 Å². The van der Waals surface area contributed by atoms with Gasteiger partial charge in [0.2, 0.25) is 0 Å². The second-order valence-corrected chi connectivity index (χ2v) is 3.71. The lowest BCUT2D eigenvalue weighted by atomic mass is 10.2. The molecule has 16 heavy (non-hydrogen) atoms. The Hall–Kier alpha value is -1.61. The molecule has 0 saturated heterocycles. The van der Waals surface area contributed by atoms with Gasteiger partial charge in [0, 0.05) is 12.1 Å². The molecule has 0 amide bonds. The van der Waals surface area contributed by atoms with Gasteiger partial charge in [-0.3, -0.25) is 0 Å². The third-order valence-electron chi connectivity index (χ3n) is 2.53. The van der Waals surface area contributed by atoms with Gasteiger partial charge in [0.25, 0.3) is 0 Å². The van der Waals surface area contributed by atoms with Gasteiger partial charge in [-0.2, -0.15) is 0 Å². The summed E-state index contributed by atoms with van der Waals surface area (Å²) in [4.78, 5) is 0. The number of rotatable bonds is 4. The van der Waals surface area contributed by atoms with Crippen molar-refractivity contribution in [3.05, 3.63) is 59.8 Å². The largest absolute Gasteiger partial charge is 0.468 e. The van der Waals surface area contributed by atoms with Crippen LogP contribution in [0, 0.1) is 5.82 Å². The van der Waals surface area contributed by atoms with Gasteiger partial charge < -0.3 is 9.73 Å². The summed E-state index contributed by atoms with van der Waals surface area (Å²) in [6, 6.07) is 10.6. The molecule has 0 fully saturated rings. The fourth-order valence-electron chi connectivity index (χ4n) is 1.54. The molecule has 84 valence electrons. The number of nitrogens with one attached hydrogen (secondary N) is 1. The maximum Gasteiger partial charge on any atom is 0.127 e. The molecule has 1 aromatic carbocycles. The van der Waals surface area contributed by atoms with Crippen LogP contribution < -0.4 is 5.32 Å². The molecule has 3 heteroatoms. The Balaban J connectivity index is 1.95. The molecule has 0 aliphatic heterocycles. The molecular formula is C13H14FNO. The van der Waals surface area contributed by atoms with E-state index in [1.165, 1.54) is 6.07 Å². The van der Waals surface area contributed by atoms with Crippen LogP contribution in [0.1, 0.15) is 24.3 Å². The zero-order chi connectivity index (χ0) is 11.4. The SMILES string of the molecule is CC(NCc1ccccc1F)c1ccco1. The highest BCUT2D eigenvalue weighted by atomic mass is 19.1. The maximum atomic E-state index is 13.3. The van der Waals surface area contributed by atoms with Crippen LogP contribution >= 0.6 is 0 Å². The van der Waals surface area contributed by atoms with Gasteiger partial charge >= 0.3 is 0 Å². The Morgan fingerprint density at radius 2 is 2.06 bits per heavy atom. The monoisotopic (exact) mass is 219 g/mol. The van der Waals surface area contributed by atoms with Crippen LogP contribution in [0.3, 0.4) is 0 Å². The summed E-state index contributed by atoms with van der Waals surface area (Å²) in [6.45, 7) is 2.48. The van der Waals surface area contributed by atoms with E-state index in [1.54, 1.807) is 18.4 Å². The third kappa shape index (κ3) is 2.49. The van der Waals surface area contributed by atoms with Crippen molar-refractivity contribution in [1.29, 1.82) is 0 Å². The minimum Gasteiger partial charge on any atom is -0.468 e. The lowest BCUT2D eigenvalue weighted by Gasteiger charge is -2.11. The molecule has 1 aromatic heterocycles. The topological polar surface area (TPSA) is 25.2 Å². The quantitative estimate of drug-likeness (QED) is 0.853. The van der Waals surface area contributed by atoms with Crippen LogP contribution in [-0.2, 0) is 6.54 Å². The summed E-state index contributed by atoms with van der Waals surface area (Å²) in [5.41, 5.74) is 0.668. The van der Waals surface area contributed by atoms with E-state index in [9.17, 15) is 4.39 Å². The molecule has 2 rings (SSSR count). The van der Waals surface area contributed by atoms with E-state index in [0.717, 1.165) is 5.76 Å². The molecule has 0 radical (unpaired) electrons. The number of hydrogen-bond acceptors (Lipinski definition) is 2. The molecule has 2 nitrogen and oxygen atoms in total. The number of furan rings is 1. The zero-order valence-electron chi connectivity index (χ0n) is 9.11. The van der Waals surface area contributed by atoms with Crippen LogP contribution in [0.4, 0.5) is 4.39 Å². The standard InChI is InChI=1S/C13H14FNO/c1-10(13-7-4-8-16-13)15-9-11-5-2-3-6-12(11)14/h2-8,10,15H,9H2,1H3. The molecule has 1 heterocycles. The van der Waals surface area contributed by atoms with Gasteiger partial charge in [0.15, 0.2) is 0 Å². The van der Waals surface area contributed by atoms with Gasteiger partial charge in [-0.1, -0.05) is 18.2 Å². The van der Waals surface area contributed by atoms with Crippen molar-refractivity contribution in [2.24, 2.45) is 0 Å². The van der Waals surface area contributed by atoms with Crippen molar-refractivity contribution in [3.8, 4) is 0 Å². The Kier molecular flexibility index (Phi) is 3.37. The molecule has 0 aliphatic carbocycles. The van der Waals surface area contributed by atoms with E-state index in [1.807, 2.05) is 25.1 Å². The lowest BCUT2D eigenvalue weighted by molar-refractivity contribution is 0.427. The second kappa shape index (κ2) is 4.94. The summed E-state index contributed by atoms with van der Waals surface area (Å²) < 4.78 is 18.6. The summed E-state index contributed by atoms with van der Waals surface area (Å²) in [5, 5.41) is 3.21. The summed E-state index contributed by atoms with van der Waals surface area (Å²) in [6.07, 6.45) is 1.64. The van der Waals surface area contributed by atoms with Gasteiger partial charge in [0.1, 0.15) is 11.6 Å². The first-order valence-electron chi connectivity index (χ1n) is 5.27. The van der Waals surface area contributed by atoms with Crippen LogP contribution in [0.5, 0.6) is 0 Å². The molecule has 0 aliphatic rings. The smallest absolute Gasteiger partial charge is 0.127 e. The van der Waals surface area contributed by atoms with Crippen LogP contribution in [-0.4, -0.2) is 0 Å². The van der Waals surface area contributed by atoms with Gasteiger partial charge in [-0.15, -0.1) is 0 Å². The Morgan fingerprint density at radius 3 is 2.75 bits per heavy atom. The molecule has 1 atom stereocenters. The Bertz CT molecular complexity index is 439. The Morgan fingerprint density at radius 1 is 1.25 bits per heavy atom. The fourth-order valence-corrected chi connectivity index (χ4v) is 1.54. The van der Waals surface area contributed by atoms with Gasteiger partial charge in [-0.05, 0) is 25.1 Å². The summed E-state index contributed by atoms with van der Waals surface area (Å²) in [7, 11) is 0. The molecule has 1 N–H and O–H groups in total. The van der Waals surface area contributed by atoms with Crippen molar-refractivity contribution in [2.45, 2.75) is 19.5 Å². The first-order chi connectivity index (χ1) is 7.77. The lowest BCUT2D eigenvalue weighted by Crippen LogP contribution is -2.18. The fraction of sp³-hybridized carbons (Fsp3) is 0.231. The predicted molar refractivity (Wildman–Crippen MR) is 60.4 cm³/mol. The molecule has 2 aromatic rings. The molecule has 1 unspecified atom stereocenters. The van der Waals surface area contributed by atoms with E-state index in [4.69, 9.17) is 4.42 Å². The van der Waals surface area contributed by atoms with E-state index < -0.39 is 0 Å². The second-order valence-electron chi connectivity index (χ2n) is 3.71. The minimum atomic E-state index is -0.179. The molecule has 0 saturated carbocycles. The number of benzene rings is 1. The summed E-state index contributed by atoms with van der Waals surface area (Å²) >= 11 is 0. The first kappa shape index (κ1) is 10.9. The highest BCUT2D eigenvalue weighted by Crippen LogP contribution is 2.14. The first-order valence-corrected chi connectivity index (χ1v) is 5.27. The van der Waals surface area contributed by atoms with Crippen LogP contribution in [0.2, 0.25) is 0 Å². The van der Waals surface area contributed by atoms with Crippen molar-refractivity contribution in [2.75, 3.05) is 0 Å². The summed E-state index contributed by atoms with van der Waals surface area (Å²) in [5.74, 6) is 0.679. The molecular weight excluding hydrogens is 205 g/mol. The Labute approximate surface area is 94.1 Å². The van der Waals surface area contributed by atoms with E-state index in [-0.39, 0.29) is 11.9 Å². The van der Waals surface area contributed by atoms with Crippen molar-refractivity contribution in [3.63, 3.8) is 0 Å². The van der Waals surface area contributed by atoms with Crippen molar-refractivity contribution in [1.82, 2.24) is 5.32 Å². The van der Waals surface area contributed by atoms with Gasteiger partial charge in [0.05, 0.1) is 12.3 Å². The minimum absolute atomic E-state index is 0.0783. The zero-order valence-corrected chi connectivity index (χ0v) is 9.11. The van der Waals surface area contributed by atoms with E-state index >= 15 is 0 Å². The number of hydrogen-bond donors (Lipinski definition) is 1. The predicted octanol–water partition coefficient (Wildman–Crippen LogP) is 3.27. The average molecular weight is 219 g/mol. The highest BCUT2D eigenvalue weighted by molar-refractivity contribution is 5.17. The maximum absolute atomic E-state index is 13.3. The van der Waals surface area contributed by atoms with Crippen LogP contribution in [0.15, 0.2) is 47.1 Å². The molecule has 0 bridgehead atoms. The molecule has 0 spiro atoms. The van der Waals surface area contributed by atoms with E-state index in [0.29, 0.717) is 12.1 Å². The van der Waals surface area contributed by atoms with Crippen molar-refractivity contribution < 1.29 is 8.81 Å². The van der Waals surface area contributed by atoms with E-state index in [2.05, 4.69) is 5.32 Å². The number of halogens is 1. The highest BCUT2D eigenvalue weighted by Gasteiger charge is 2.08. The van der Waals surface area contributed by atoms with Crippen LogP contribution in [0.25, 0.3) is 0 Å². The normalized spacial score (nSPS) is 12.6. The van der Waals surface area contributed by atoms with Crippen molar-refractivity contribution >= 4 is 0 Å².